The first-order valence-electron chi connectivity index (χ1n) is 9.03. The third-order valence-corrected chi connectivity index (χ3v) is 5.04. The van der Waals surface area contributed by atoms with E-state index < -0.39 is 0 Å². The van der Waals surface area contributed by atoms with E-state index in [-0.39, 0.29) is 11.9 Å². The smallest absolute Gasteiger partial charge is 0.274 e. The van der Waals surface area contributed by atoms with Gasteiger partial charge in [-0.2, -0.15) is 5.10 Å². The van der Waals surface area contributed by atoms with E-state index in [2.05, 4.69) is 42.1 Å². The van der Waals surface area contributed by atoms with Crippen molar-refractivity contribution in [2.45, 2.75) is 46.2 Å². The number of fused-ring (bicyclic) bond motifs is 1. The van der Waals surface area contributed by atoms with E-state index in [9.17, 15) is 4.79 Å². The van der Waals surface area contributed by atoms with Gasteiger partial charge in [0, 0.05) is 20.1 Å². The average Bonchev–Trinajstić information content (AvgIpc) is 2.66. The van der Waals surface area contributed by atoms with Crippen LogP contribution in [0, 0.1) is 0 Å². The van der Waals surface area contributed by atoms with E-state index in [1.807, 2.05) is 28.6 Å². The maximum atomic E-state index is 13.2. The molecule has 3 rings (SSSR count). The highest BCUT2D eigenvalue weighted by molar-refractivity contribution is 5.92. The second-order valence-corrected chi connectivity index (χ2v) is 6.39. The standard InChI is InChI=1S/C20H26N4O/c1-5-15-13-18(22-24(6-2)19(15)21-4)20(25)23-12-11-16-9-7-8-10-17(16)14(23)3/h7-10,13-14H,5-6,11-12H2,1-4H3/b21-19-/t14-/m1/s1. The maximum absolute atomic E-state index is 13.2. The van der Waals surface area contributed by atoms with Crippen molar-refractivity contribution in [1.82, 2.24) is 14.7 Å². The molecule has 0 N–H and O–H groups in total. The Morgan fingerprint density at radius 1 is 1.32 bits per heavy atom. The van der Waals surface area contributed by atoms with Crippen LogP contribution < -0.4 is 5.49 Å². The third-order valence-electron chi connectivity index (χ3n) is 5.04. The number of hydrogen-bond acceptors (Lipinski definition) is 3. The zero-order valence-corrected chi connectivity index (χ0v) is 15.5. The van der Waals surface area contributed by atoms with Gasteiger partial charge < -0.3 is 4.90 Å². The first-order chi connectivity index (χ1) is 12.1. The number of aromatic nitrogens is 2. The van der Waals surface area contributed by atoms with Gasteiger partial charge in [0.25, 0.3) is 5.91 Å². The number of amides is 1. The van der Waals surface area contributed by atoms with Gasteiger partial charge in [-0.3, -0.25) is 9.79 Å². The SMILES string of the molecule is CCc1cc(C(=O)N2CCc3ccccc3[C@H]2C)nn(CC)/c1=N\C. The van der Waals surface area contributed by atoms with Crippen molar-refractivity contribution in [2.24, 2.45) is 4.99 Å². The van der Waals surface area contributed by atoms with Crippen LogP contribution in [-0.2, 0) is 19.4 Å². The van der Waals surface area contributed by atoms with Crippen LogP contribution in [-0.4, -0.2) is 34.2 Å². The fourth-order valence-corrected chi connectivity index (χ4v) is 3.64. The van der Waals surface area contributed by atoms with Gasteiger partial charge in [0.2, 0.25) is 0 Å². The Balaban J connectivity index is 1.99. The summed E-state index contributed by atoms with van der Waals surface area (Å²) in [6.45, 7) is 7.62. The lowest BCUT2D eigenvalue weighted by Crippen LogP contribution is -2.40. The number of rotatable bonds is 3. The Morgan fingerprint density at radius 2 is 2.08 bits per heavy atom. The van der Waals surface area contributed by atoms with Gasteiger partial charge >= 0.3 is 0 Å². The van der Waals surface area contributed by atoms with Crippen molar-refractivity contribution < 1.29 is 4.79 Å². The average molecular weight is 338 g/mol. The van der Waals surface area contributed by atoms with Crippen molar-refractivity contribution in [3.8, 4) is 0 Å². The quantitative estimate of drug-likeness (QED) is 0.864. The van der Waals surface area contributed by atoms with Crippen LogP contribution in [0.3, 0.4) is 0 Å². The van der Waals surface area contributed by atoms with Crippen molar-refractivity contribution in [2.75, 3.05) is 13.6 Å². The summed E-state index contributed by atoms with van der Waals surface area (Å²) in [5.74, 6) is 0.00144. The molecule has 0 unspecified atom stereocenters. The Hall–Kier alpha value is -2.43. The van der Waals surface area contributed by atoms with Crippen molar-refractivity contribution in [1.29, 1.82) is 0 Å². The van der Waals surface area contributed by atoms with Crippen LogP contribution in [0.2, 0.25) is 0 Å². The molecule has 25 heavy (non-hydrogen) atoms. The second-order valence-electron chi connectivity index (χ2n) is 6.39. The van der Waals surface area contributed by atoms with E-state index >= 15 is 0 Å². The molecule has 1 aliphatic rings. The molecule has 1 amide bonds. The van der Waals surface area contributed by atoms with Gasteiger partial charge in [-0.15, -0.1) is 0 Å². The molecule has 2 heterocycles. The maximum Gasteiger partial charge on any atom is 0.274 e. The number of hydrogen-bond donors (Lipinski definition) is 0. The molecule has 0 saturated carbocycles. The first kappa shape index (κ1) is 17.4. The molecule has 0 bridgehead atoms. The molecule has 0 aliphatic carbocycles. The van der Waals surface area contributed by atoms with Crippen LogP contribution in [0.5, 0.6) is 0 Å². The van der Waals surface area contributed by atoms with E-state index in [4.69, 9.17) is 0 Å². The minimum Gasteiger partial charge on any atom is -0.330 e. The Labute approximate surface area is 149 Å². The Morgan fingerprint density at radius 3 is 2.76 bits per heavy atom. The van der Waals surface area contributed by atoms with E-state index in [0.717, 1.165) is 30.4 Å². The molecule has 0 spiro atoms. The summed E-state index contributed by atoms with van der Waals surface area (Å²) < 4.78 is 1.83. The first-order valence-corrected chi connectivity index (χ1v) is 9.03. The molecule has 1 aromatic heterocycles. The summed E-state index contributed by atoms with van der Waals surface area (Å²) in [6.07, 6.45) is 1.72. The van der Waals surface area contributed by atoms with Gasteiger partial charge in [-0.25, -0.2) is 4.68 Å². The predicted octanol–water partition coefficient (Wildman–Crippen LogP) is 2.76. The normalized spacial score (nSPS) is 17.5. The topological polar surface area (TPSA) is 50.5 Å². The molecule has 0 radical (unpaired) electrons. The summed E-state index contributed by atoms with van der Waals surface area (Å²) in [5, 5.41) is 4.57. The van der Waals surface area contributed by atoms with Crippen LogP contribution in [0.25, 0.3) is 0 Å². The van der Waals surface area contributed by atoms with E-state index in [1.165, 1.54) is 11.1 Å². The van der Waals surface area contributed by atoms with Crippen LogP contribution in [0.4, 0.5) is 0 Å². The summed E-state index contributed by atoms with van der Waals surface area (Å²) >= 11 is 0. The van der Waals surface area contributed by atoms with Crippen LogP contribution in [0.15, 0.2) is 35.3 Å². The fraction of sp³-hybridized carbons (Fsp3) is 0.450. The van der Waals surface area contributed by atoms with Crippen LogP contribution >= 0.6 is 0 Å². The highest BCUT2D eigenvalue weighted by atomic mass is 16.2. The molecule has 1 aromatic carbocycles. The third kappa shape index (κ3) is 3.11. The molecule has 5 nitrogen and oxygen atoms in total. The number of nitrogens with zero attached hydrogens (tertiary/aromatic N) is 4. The molecule has 1 atom stereocenters. The monoisotopic (exact) mass is 338 g/mol. The zero-order valence-electron chi connectivity index (χ0n) is 15.5. The number of benzene rings is 1. The van der Waals surface area contributed by atoms with Gasteiger partial charge in [0.05, 0.1) is 6.04 Å². The number of aryl methyl sites for hydroxylation is 2. The second kappa shape index (κ2) is 7.21. The Kier molecular flexibility index (Phi) is 5.02. The zero-order chi connectivity index (χ0) is 18.0. The highest BCUT2D eigenvalue weighted by Gasteiger charge is 2.29. The minimum absolute atomic E-state index is 0.00144. The van der Waals surface area contributed by atoms with E-state index in [0.29, 0.717) is 12.2 Å². The van der Waals surface area contributed by atoms with Gasteiger partial charge in [-0.05, 0) is 49.4 Å². The lowest BCUT2D eigenvalue weighted by atomic mass is 9.93. The van der Waals surface area contributed by atoms with Crippen LogP contribution in [0.1, 0.15) is 54.0 Å². The highest BCUT2D eigenvalue weighted by Crippen LogP contribution is 2.30. The van der Waals surface area contributed by atoms with Crippen molar-refractivity contribution >= 4 is 5.91 Å². The van der Waals surface area contributed by atoms with Gasteiger partial charge in [0.1, 0.15) is 11.2 Å². The molecular weight excluding hydrogens is 312 g/mol. The lowest BCUT2D eigenvalue weighted by molar-refractivity contribution is 0.0668. The molecular formula is C20H26N4O. The van der Waals surface area contributed by atoms with Crippen molar-refractivity contribution in [3.63, 3.8) is 0 Å². The van der Waals surface area contributed by atoms with E-state index in [1.54, 1.807) is 7.05 Å². The molecule has 5 heteroatoms. The fourth-order valence-electron chi connectivity index (χ4n) is 3.64. The predicted molar refractivity (Wildman–Crippen MR) is 98.4 cm³/mol. The molecule has 132 valence electrons. The summed E-state index contributed by atoms with van der Waals surface area (Å²) in [5.41, 5.74) is 5.01. The summed E-state index contributed by atoms with van der Waals surface area (Å²) in [4.78, 5) is 19.5. The summed E-state index contributed by atoms with van der Waals surface area (Å²) in [6, 6.07) is 10.4. The number of carbonyl (C=O) groups is 1. The minimum atomic E-state index is 0.00144. The van der Waals surface area contributed by atoms with Crippen molar-refractivity contribution in [3.05, 3.63) is 58.2 Å². The molecule has 0 saturated heterocycles. The van der Waals surface area contributed by atoms with Gasteiger partial charge in [-0.1, -0.05) is 31.2 Å². The largest absolute Gasteiger partial charge is 0.330 e. The summed E-state index contributed by atoms with van der Waals surface area (Å²) in [7, 11) is 1.77. The lowest BCUT2D eigenvalue weighted by Gasteiger charge is -2.35. The molecule has 0 fully saturated rings. The molecule has 2 aromatic rings. The van der Waals surface area contributed by atoms with Gasteiger partial charge in [0.15, 0.2) is 0 Å². The number of carbonyl (C=O) groups excluding carboxylic acids is 1. The Bertz CT molecular complexity index is 825. The molecule has 1 aliphatic heterocycles.